The molecule has 1 aromatic rings. The van der Waals surface area contributed by atoms with Crippen LogP contribution in [0.25, 0.3) is 0 Å². The minimum absolute atomic E-state index is 0.0432. The van der Waals surface area contributed by atoms with Gasteiger partial charge in [0.25, 0.3) is 5.69 Å². The average molecular weight is 274 g/mol. The molecule has 0 aliphatic carbocycles. The zero-order chi connectivity index (χ0) is 14.7. The van der Waals surface area contributed by atoms with Crippen LogP contribution in [-0.4, -0.2) is 22.4 Å². The zero-order valence-electron chi connectivity index (χ0n) is 10.9. The Hall–Kier alpha value is -2.83. The molecule has 1 aliphatic rings. The van der Waals surface area contributed by atoms with Crippen molar-refractivity contribution in [2.24, 2.45) is 5.73 Å². The molecule has 0 unspecified atom stereocenters. The molecule has 1 amide bonds. The van der Waals surface area contributed by atoms with Crippen LogP contribution < -0.4 is 11.2 Å². The molecule has 0 bridgehead atoms. The summed E-state index contributed by atoms with van der Waals surface area (Å²) < 4.78 is 0. The van der Waals surface area contributed by atoms with E-state index in [-0.39, 0.29) is 5.69 Å². The topological polar surface area (TPSA) is 102 Å². The van der Waals surface area contributed by atoms with E-state index < -0.39 is 10.8 Å². The summed E-state index contributed by atoms with van der Waals surface area (Å²) in [6.45, 7) is 2.20. The highest BCUT2D eigenvalue weighted by molar-refractivity contribution is 5.94. The van der Waals surface area contributed by atoms with Crippen molar-refractivity contribution >= 4 is 17.3 Å². The van der Waals surface area contributed by atoms with Crippen molar-refractivity contribution in [3.8, 4) is 0 Å². The molecule has 0 aromatic heterocycles. The number of nitro groups is 1. The molecular weight excluding hydrogens is 260 g/mol. The number of primary amides is 1. The van der Waals surface area contributed by atoms with Gasteiger partial charge in [0.15, 0.2) is 0 Å². The quantitative estimate of drug-likeness (QED) is 0.639. The molecule has 104 valence electrons. The molecule has 7 heteroatoms. The van der Waals surface area contributed by atoms with Gasteiger partial charge < -0.3 is 5.73 Å². The summed E-state index contributed by atoms with van der Waals surface area (Å²) in [5.41, 5.74) is 9.75. The Kier molecular flexibility index (Phi) is 3.69. The lowest BCUT2D eigenvalue weighted by Crippen LogP contribution is -2.29. The third-order valence-corrected chi connectivity index (χ3v) is 2.86. The second-order valence-electron chi connectivity index (χ2n) is 4.37. The minimum Gasteiger partial charge on any atom is -0.366 e. The number of hydrazine groups is 1. The van der Waals surface area contributed by atoms with Crippen molar-refractivity contribution in [2.45, 2.75) is 6.92 Å². The highest BCUT2D eigenvalue weighted by atomic mass is 16.6. The number of nitrogens with two attached hydrogens (primary N) is 1. The van der Waals surface area contributed by atoms with Crippen LogP contribution in [0.4, 0.5) is 11.4 Å². The Morgan fingerprint density at radius 1 is 1.50 bits per heavy atom. The van der Waals surface area contributed by atoms with Gasteiger partial charge in [0.2, 0.25) is 5.91 Å². The fourth-order valence-corrected chi connectivity index (χ4v) is 1.82. The molecule has 0 spiro atoms. The largest absolute Gasteiger partial charge is 0.366 e. The Morgan fingerprint density at radius 2 is 2.25 bits per heavy atom. The number of nitrogens with zero attached hydrogens (tertiary/aromatic N) is 2. The first kappa shape index (κ1) is 13.6. The van der Waals surface area contributed by atoms with Crippen LogP contribution in [0.2, 0.25) is 0 Å². The van der Waals surface area contributed by atoms with Gasteiger partial charge in [0.1, 0.15) is 0 Å². The van der Waals surface area contributed by atoms with E-state index in [1.807, 2.05) is 0 Å². The van der Waals surface area contributed by atoms with Gasteiger partial charge in [-0.05, 0) is 13.0 Å². The van der Waals surface area contributed by atoms with Crippen molar-refractivity contribution in [1.82, 2.24) is 5.01 Å². The molecule has 20 heavy (non-hydrogen) atoms. The first-order valence-electron chi connectivity index (χ1n) is 5.94. The predicted octanol–water partition coefficient (Wildman–Crippen LogP) is 1.47. The van der Waals surface area contributed by atoms with E-state index in [0.29, 0.717) is 23.4 Å². The first-order valence-corrected chi connectivity index (χ1v) is 5.94. The maximum Gasteiger partial charge on any atom is 0.274 e. The van der Waals surface area contributed by atoms with Gasteiger partial charge in [-0.3, -0.25) is 25.3 Å². The Balaban J connectivity index is 2.19. The molecule has 2 rings (SSSR count). The lowest BCUT2D eigenvalue weighted by Gasteiger charge is -2.24. The van der Waals surface area contributed by atoms with Crippen LogP contribution in [0, 0.1) is 17.0 Å². The number of carbonyl (C=O) groups is 1. The first-order chi connectivity index (χ1) is 9.47. The number of rotatable bonds is 4. The molecule has 0 saturated carbocycles. The molecule has 7 nitrogen and oxygen atoms in total. The van der Waals surface area contributed by atoms with Crippen molar-refractivity contribution < 1.29 is 9.72 Å². The molecule has 1 heterocycles. The smallest absolute Gasteiger partial charge is 0.274 e. The average Bonchev–Trinajstić information content (AvgIpc) is 2.41. The molecule has 1 aromatic carbocycles. The summed E-state index contributed by atoms with van der Waals surface area (Å²) in [6.07, 6.45) is 4.97. The van der Waals surface area contributed by atoms with Gasteiger partial charge >= 0.3 is 0 Å². The second kappa shape index (κ2) is 5.43. The van der Waals surface area contributed by atoms with Crippen LogP contribution >= 0.6 is 0 Å². The Bertz CT molecular complexity index is 622. The number of aryl methyl sites for hydroxylation is 1. The monoisotopic (exact) mass is 274 g/mol. The van der Waals surface area contributed by atoms with Crippen LogP contribution in [-0.2, 0) is 4.79 Å². The molecule has 0 radical (unpaired) electrons. The number of anilines is 1. The van der Waals surface area contributed by atoms with Crippen LogP contribution in [0.15, 0.2) is 42.1 Å². The zero-order valence-corrected chi connectivity index (χ0v) is 10.9. The summed E-state index contributed by atoms with van der Waals surface area (Å²) in [4.78, 5) is 21.6. The molecule has 3 N–H and O–H groups in total. The Labute approximate surface area is 115 Å². The van der Waals surface area contributed by atoms with E-state index in [0.717, 1.165) is 0 Å². The van der Waals surface area contributed by atoms with Gasteiger partial charge in [-0.25, -0.2) is 0 Å². The number of hydrogen-bond donors (Lipinski definition) is 2. The summed E-state index contributed by atoms with van der Waals surface area (Å²) in [6, 6.07) is 4.85. The maximum absolute atomic E-state index is 11.1. The fourth-order valence-electron chi connectivity index (χ4n) is 1.82. The van der Waals surface area contributed by atoms with E-state index >= 15 is 0 Å². The second-order valence-corrected chi connectivity index (χ2v) is 4.37. The third kappa shape index (κ3) is 2.94. The van der Waals surface area contributed by atoms with Crippen molar-refractivity contribution in [1.29, 1.82) is 0 Å². The standard InChI is InChI=1S/C13H14N4O3/c1-9-4-5-11(7-12(9)17(19)20)15-16-6-2-3-10(8-16)13(14)18/h2-5,7-8,15H,6H2,1H3,(H2,14,18). The number of hydrogen-bond acceptors (Lipinski definition) is 5. The van der Waals surface area contributed by atoms with Crippen molar-refractivity contribution in [3.05, 3.63) is 57.8 Å². The molecule has 0 saturated heterocycles. The van der Waals surface area contributed by atoms with Crippen LogP contribution in [0.3, 0.4) is 0 Å². The molecule has 1 aliphatic heterocycles. The highest BCUT2D eigenvalue weighted by Gasteiger charge is 2.13. The van der Waals surface area contributed by atoms with Gasteiger partial charge in [-0.1, -0.05) is 18.2 Å². The van der Waals surface area contributed by atoms with Crippen molar-refractivity contribution in [2.75, 3.05) is 12.0 Å². The summed E-state index contributed by atoms with van der Waals surface area (Å²) >= 11 is 0. The normalized spacial score (nSPS) is 13.8. The predicted molar refractivity (Wildman–Crippen MR) is 74.6 cm³/mol. The van der Waals surface area contributed by atoms with Crippen LogP contribution in [0.1, 0.15) is 5.56 Å². The van der Waals surface area contributed by atoms with E-state index in [1.54, 1.807) is 42.4 Å². The number of nitrogens with one attached hydrogen (secondary N) is 1. The van der Waals surface area contributed by atoms with Gasteiger partial charge in [-0.2, -0.15) is 0 Å². The number of benzene rings is 1. The molecule has 0 fully saturated rings. The summed E-state index contributed by atoms with van der Waals surface area (Å²) in [7, 11) is 0. The SMILES string of the molecule is Cc1ccc(NN2C=C(C(N)=O)C=CC2)cc1[N+](=O)[O-]. The third-order valence-electron chi connectivity index (χ3n) is 2.86. The highest BCUT2D eigenvalue weighted by Crippen LogP contribution is 2.23. The molecule has 0 atom stereocenters. The number of nitro benzene ring substituents is 1. The summed E-state index contributed by atoms with van der Waals surface area (Å²) in [5.74, 6) is -0.525. The molecular formula is C13H14N4O3. The van der Waals surface area contributed by atoms with Gasteiger partial charge in [0.05, 0.1) is 22.7 Å². The Morgan fingerprint density at radius 3 is 2.90 bits per heavy atom. The lowest BCUT2D eigenvalue weighted by molar-refractivity contribution is -0.385. The van der Waals surface area contributed by atoms with E-state index in [2.05, 4.69) is 5.43 Å². The van der Waals surface area contributed by atoms with Crippen LogP contribution in [0.5, 0.6) is 0 Å². The maximum atomic E-state index is 11.1. The number of carbonyl (C=O) groups excluding carboxylic acids is 1. The van der Waals surface area contributed by atoms with Crippen molar-refractivity contribution in [3.63, 3.8) is 0 Å². The number of amides is 1. The van der Waals surface area contributed by atoms with E-state index in [1.165, 1.54) is 6.07 Å². The lowest BCUT2D eigenvalue weighted by atomic mass is 10.2. The summed E-state index contributed by atoms with van der Waals surface area (Å²) in [5, 5.41) is 12.5. The minimum atomic E-state index is -0.525. The van der Waals surface area contributed by atoms with Gasteiger partial charge in [-0.15, -0.1) is 0 Å². The van der Waals surface area contributed by atoms with Gasteiger partial charge in [0, 0.05) is 17.8 Å². The van der Waals surface area contributed by atoms with E-state index in [9.17, 15) is 14.9 Å². The fraction of sp³-hybridized carbons (Fsp3) is 0.154. The van der Waals surface area contributed by atoms with E-state index in [4.69, 9.17) is 5.73 Å².